The van der Waals surface area contributed by atoms with Crippen LogP contribution in [0.3, 0.4) is 0 Å². The summed E-state index contributed by atoms with van der Waals surface area (Å²) in [6.07, 6.45) is 7.99. The highest BCUT2D eigenvalue weighted by Gasteiger charge is 2.21. The summed E-state index contributed by atoms with van der Waals surface area (Å²) in [5.74, 6) is 0.871. The molecule has 0 spiro atoms. The molecule has 1 saturated carbocycles. The van der Waals surface area contributed by atoms with Gasteiger partial charge in [0.25, 0.3) is 0 Å². The molecule has 0 saturated heterocycles. The minimum atomic E-state index is 0.0104. The highest BCUT2D eigenvalue weighted by molar-refractivity contribution is 6.20. The third-order valence-corrected chi connectivity index (χ3v) is 4.10. The Balaban J connectivity index is 2.01. The Morgan fingerprint density at radius 1 is 1.44 bits per heavy atom. The van der Waals surface area contributed by atoms with Crippen molar-refractivity contribution in [1.82, 2.24) is 15.0 Å². The van der Waals surface area contributed by atoms with Crippen molar-refractivity contribution in [3.63, 3.8) is 0 Å². The number of hydrogen-bond donors (Lipinski definition) is 0. The van der Waals surface area contributed by atoms with Gasteiger partial charge in [0.05, 0.1) is 17.6 Å². The number of alkyl halides is 1. The number of hydrogen-bond acceptors (Lipinski definition) is 2. The van der Waals surface area contributed by atoms with E-state index in [4.69, 9.17) is 11.6 Å². The van der Waals surface area contributed by atoms with Crippen LogP contribution in [0, 0.1) is 5.92 Å². The average molecular weight is 242 g/mol. The van der Waals surface area contributed by atoms with Crippen molar-refractivity contribution in [1.29, 1.82) is 0 Å². The zero-order valence-corrected chi connectivity index (χ0v) is 10.8. The minimum absolute atomic E-state index is 0.0104. The predicted octanol–water partition coefficient (Wildman–Crippen LogP) is 3.72. The molecule has 1 atom stereocenters. The normalized spacial score (nSPS) is 27.9. The third-order valence-electron chi connectivity index (χ3n) is 3.57. The Hall–Kier alpha value is -0.570. The Labute approximate surface area is 102 Å². The summed E-state index contributed by atoms with van der Waals surface area (Å²) < 4.78 is 2.02. The summed E-state index contributed by atoms with van der Waals surface area (Å²) in [4.78, 5) is 0. The van der Waals surface area contributed by atoms with Crippen molar-refractivity contribution in [3.8, 4) is 0 Å². The van der Waals surface area contributed by atoms with Gasteiger partial charge in [-0.25, -0.2) is 4.68 Å². The molecule has 1 aromatic heterocycles. The van der Waals surface area contributed by atoms with E-state index in [1.807, 2.05) is 10.9 Å². The fourth-order valence-corrected chi connectivity index (χ4v) is 2.43. The van der Waals surface area contributed by atoms with Crippen LogP contribution < -0.4 is 0 Å². The molecular weight excluding hydrogens is 222 g/mol. The zero-order chi connectivity index (χ0) is 11.5. The second-order valence-corrected chi connectivity index (χ2v) is 5.44. The standard InChI is InChI=1S/C12H20ClN3/c1-3-11(13)12-8-16(15-14-12)10-6-4-9(2)5-7-10/h8-11H,3-7H2,1-2H3. The van der Waals surface area contributed by atoms with Crippen LogP contribution in [0.25, 0.3) is 0 Å². The van der Waals surface area contributed by atoms with Crippen LogP contribution in [-0.4, -0.2) is 15.0 Å². The molecule has 1 unspecified atom stereocenters. The fraction of sp³-hybridized carbons (Fsp3) is 0.833. The Bertz CT molecular complexity index is 329. The van der Waals surface area contributed by atoms with E-state index in [0.29, 0.717) is 6.04 Å². The van der Waals surface area contributed by atoms with Gasteiger partial charge in [0, 0.05) is 0 Å². The SMILES string of the molecule is CCC(Cl)c1cn(C2CCC(C)CC2)nn1. The lowest BCUT2D eigenvalue weighted by Gasteiger charge is -2.25. The molecule has 1 aliphatic rings. The molecule has 1 aromatic rings. The topological polar surface area (TPSA) is 30.7 Å². The third kappa shape index (κ3) is 2.57. The number of halogens is 1. The van der Waals surface area contributed by atoms with Gasteiger partial charge >= 0.3 is 0 Å². The van der Waals surface area contributed by atoms with Crippen LogP contribution in [0.4, 0.5) is 0 Å². The summed E-state index contributed by atoms with van der Waals surface area (Å²) in [6, 6.07) is 0.540. The quantitative estimate of drug-likeness (QED) is 0.756. The number of aromatic nitrogens is 3. The molecule has 0 aromatic carbocycles. The van der Waals surface area contributed by atoms with E-state index in [-0.39, 0.29) is 5.38 Å². The molecule has 0 radical (unpaired) electrons. The molecule has 3 nitrogen and oxygen atoms in total. The summed E-state index contributed by atoms with van der Waals surface area (Å²) >= 11 is 6.15. The van der Waals surface area contributed by atoms with Gasteiger partial charge in [-0.3, -0.25) is 0 Å². The molecule has 90 valence electrons. The van der Waals surface area contributed by atoms with E-state index >= 15 is 0 Å². The van der Waals surface area contributed by atoms with Crippen LogP contribution in [0.2, 0.25) is 0 Å². The van der Waals surface area contributed by atoms with Gasteiger partial charge in [-0.2, -0.15) is 0 Å². The molecule has 0 aliphatic heterocycles. The second kappa shape index (κ2) is 5.17. The first-order chi connectivity index (χ1) is 7.70. The largest absolute Gasteiger partial charge is 0.249 e. The molecule has 16 heavy (non-hydrogen) atoms. The lowest BCUT2D eigenvalue weighted by atomic mass is 9.87. The van der Waals surface area contributed by atoms with Gasteiger partial charge in [0.15, 0.2) is 0 Å². The van der Waals surface area contributed by atoms with Gasteiger partial charge < -0.3 is 0 Å². The van der Waals surface area contributed by atoms with E-state index in [0.717, 1.165) is 18.0 Å². The molecule has 2 rings (SSSR count). The Morgan fingerprint density at radius 3 is 2.75 bits per heavy atom. The monoisotopic (exact) mass is 241 g/mol. The van der Waals surface area contributed by atoms with Crippen molar-refractivity contribution in [3.05, 3.63) is 11.9 Å². The van der Waals surface area contributed by atoms with E-state index in [2.05, 4.69) is 24.2 Å². The highest BCUT2D eigenvalue weighted by Crippen LogP contribution is 2.32. The molecule has 0 N–H and O–H groups in total. The highest BCUT2D eigenvalue weighted by atomic mass is 35.5. The first-order valence-corrected chi connectivity index (χ1v) is 6.70. The van der Waals surface area contributed by atoms with Crippen LogP contribution in [0.5, 0.6) is 0 Å². The van der Waals surface area contributed by atoms with Crippen molar-refractivity contribution >= 4 is 11.6 Å². The molecule has 1 heterocycles. The van der Waals surface area contributed by atoms with Gasteiger partial charge in [-0.1, -0.05) is 19.1 Å². The van der Waals surface area contributed by atoms with Crippen LogP contribution >= 0.6 is 11.6 Å². The van der Waals surface area contributed by atoms with Gasteiger partial charge in [-0.15, -0.1) is 16.7 Å². The van der Waals surface area contributed by atoms with Crippen molar-refractivity contribution in [2.24, 2.45) is 5.92 Å². The van der Waals surface area contributed by atoms with Gasteiger partial charge in [0.2, 0.25) is 0 Å². The molecule has 0 bridgehead atoms. The summed E-state index contributed by atoms with van der Waals surface area (Å²) in [5, 5.41) is 8.39. The van der Waals surface area contributed by atoms with Crippen LogP contribution in [0.1, 0.15) is 63.1 Å². The van der Waals surface area contributed by atoms with E-state index in [1.165, 1.54) is 25.7 Å². The Morgan fingerprint density at radius 2 is 2.12 bits per heavy atom. The molecule has 1 fully saturated rings. The van der Waals surface area contributed by atoms with Crippen LogP contribution in [-0.2, 0) is 0 Å². The molecular formula is C12H20ClN3. The van der Waals surface area contributed by atoms with Crippen molar-refractivity contribution in [2.45, 2.75) is 57.4 Å². The minimum Gasteiger partial charge on any atom is -0.249 e. The smallest absolute Gasteiger partial charge is 0.101 e. The maximum Gasteiger partial charge on any atom is 0.101 e. The van der Waals surface area contributed by atoms with E-state index in [1.54, 1.807) is 0 Å². The molecule has 0 amide bonds. The lowest BCUT2D eigenvalue weighted by Crippen LogP contribution is -2.17. The first-order valence-electron chi connectivity index (χ1n) is 6.26. The Kier molecular flexibility index (Phi) is 3.85. The van der Waals surface area contributed by atoms with Gasteiger partial charge in [0.1, 0.15) is 5.69 Å². The fourth-order valence-electron chi connectivity index (χ4n) is 2.33. The van der Waals surface area contributed by atoms with E-state index < -0.39 is 0 Å². The maximum atomic E-state index is 6.15. The van der Waals surface area contributed by atoms with Crippen molar-refractivity contribution < 1.29 is 0 Å². The predicted molar refractivity (Wildman–Crippen MR) is 65.6 cm³/mol. The van der Waals surface area contributed by atoms with Gasteiger partial charge in [-0.05, 0) is 38.0 Å². The molecule has 4 heteroatoms. The van der Waals surface area contributed by atoms with Crippen LogP contribution in [0.15, 0.2) is 6.20 Å². The first kappa shape index (κ1) is 11.9. The number of nitrogens with zero attached hydrogens (tertiary/aromatic N) is 3. The molecule has 1 aliphatic carbocycles. The zero-order valence-electron chi connectivity index (χ0n) is 10.1. The summed E-state index contributed by atoms with van der Waals surface area (Å²) in [7, 11) is 0. The van der Waals surface area contributed by atoms with Crippen molar-refractivity contribution in [2.75, 3.05) is 0 Å². The van der Waals surface area contributed by atoms with E-state index in [9.17, 15) is 0 Å². The lowest BCUT2D eigenvalue weighted by molar-refractivity contribution is 0.270. The number of rotatable bonds is 3. The summed E-state index contributed by atoms with van der Waals surface area (Å²) in [6.45, 7) is 4.40. The average Bonchev–Trinajstić information content (AvgIpc) is 2.78. The second-order valence-electron chi connectivity index (χ2n) is 4.91. The maximum absolute atomic E-state index is 6.15. The summed E-state index contributed by atoms with van der Waals surface area (Å²) in [5.41, 5.74) is 0.919.